The highest BCUT2D eigenvalue weighted by molar-refractivity contribution is 9.10. The van der Waals surface area contributed by atoms with Gasteiger partial charge in [0, 0.05) is 5.25 Å². The van der Waals surface area contributed by atoms with Gasteiger partial charge in [0.05, 0.1) is 4.83 Å². The Balaban J connectivity index is 1.37. The molecular formula is C31H51BrOS. The first kappa shape index (κ1) is 27.3. The Morgan fingerprint density at radius 1 is 1.03 bits per heavy atom. The van der Waals surface area contributed by atoms with Crippen molar-refractivity contribution in [1.29, 1.82) is 0 Å². The van der Waals surface area contributed by atoms with Crippen LogP contribution in [0.5, 0.6) is 0 Å². The molecule has 0 radical (unpaired) electrons. The Labute approximate surface area is 223 Å². The topological polar surface area (TPSA) is 17.1 Å². The number of thioether (sulfide) groups is 1. The Morgan fingerprint density at radius 2 is 1.79 bits per heavy atom. The zero-order valence-electron chi connectivity index (χ0n) is 22.5. The van der Waals surface area contributed by atoms with Crippen LogP contribution in [0.25, 0.3) is 0 Å². The quantitative estimate of drug-likeness (QED) is 0.153. The standard InChI is InChI=1S/C31H51BrOS/c1-5-7-8-9-10-11-12-22-14-16-26-25-15-13-23-21-24(34-29(33)28(32)6-2)17-19-31(23,4)27(25)18-20-30(22,26)3/h13,22,24-28H,5-12,14-21H2,1-4H3/t22-,24+,25+,26-,27-,28-,30-,31+/m1/s1. The number of hydrogen-bond donors (Lipinski definition) is 0. The van der Waals surface area contributed by atoms with Crippen LogP contribution in [0.15, 0.2) is 11.6 Å². The van der Waals surface area contributed by atoms with Crippen LogP contribution in [0.1, 0.15) is 130 Å². The monoisotopic (exact) mass is 550 g/mol. The third kappa shape index (κ3) is 5.41. The lowest BCUT2D eigenvalue weighted by molar-refractivity contribution is -0.110. The highest BCUT2D eigenvalue weighted by atomic mass is 79.9. The number of fused-ring (bicyclic) bond motifs is 5. The number of halogens is 1. The normalized spacial score (nSPS) is 40.1. The second-order valence-corrected chi connectivity index (χ2v) is 15.2. The van der Waals surface area contributed by atoms with E-state index in [0.29, 0.717) is 21.2 Å². The van der Waals surface area contributed by atoms with E-state index in [1.54, 1.807) is 17.3 Å². The minimum atomic E-state index is 0.0261. The van der Waals surface area contributed by atoms with E-state index in [4.69, 9.17) is 0 Å². The third-order valence-corrected chi connectivity index (χ3v) is 13.7. The molecule has 194 valence electrons. The van der Waals surface area contributed by atoms with E-state index in [1.165, 1.54) is 89.9 Å². The molecule has 8 atom stereocenters. The van der Waals surface area contributed by atoms with Crippen molar-refractivity contribution >= 4 is 32.8 Å². The van der Waals surface area contributed by atoms with E-state index in [1.807, 2.05) is 0 Å². The third-order valence-electron chi connectivity index (χ3n) is 11.1. The van der Waals surface area contributed by atoms with Crippen LogP contribution in [0.4, 0.5) is 0 Å². The summed E-state index contributed by atoms with van der Waals surface area (Å²) in [5, 5.41) is 0.846. The number of carbonyl (C=O) groups is 1. The van der Waals surface area contributed by atoms with Gasteiger partial charge in [0.15, 0.2) is 0 Å². The van der Waals surface area contributed by atoms with Gasteiger partial charge in [-0.25, -0.2) is 0 Å². The SMILES string of the molecule is CCCCCCCC[C@@H]1CC[C@@H]2[C@@H]3CC=C4C[C@@H](SC(=O)[C@H](Br)CC)CC[C@]4(C)[C@@H]3CC[C@]12C. The molecule has 0 aromatic heterocycles. The minimum absolute atomic E-state index is 0.0261. The summed E-state index contributed by atoms with van der Waals surface area (Å²) in [6.07, 6.45) is 24.6. The number of carbonyl (C=O) groups excluding carboxylic acids is 1. The van der Waals surface area contributed by atoms with E-state index in [-0.39, 0.29) is 4.83 Å². The first-order chi connectivity index (χ1) is 16.3. The summed E-state index contributed by atoms with van der Waals surface area (Å²) < 4.78 is 0. The molecule has 0 amide bonds. The summed E-state index contributed by atoms with van der Waals surface area (Å²) in [6, 6.07) is 0. The molecule has 0 heterocycles. The number of rotatable bonds is 10. The maximum absolute atomic E-state index is 12.5. The second-order valence-electron chi connectivity index (χ2n) is 12.8. The summed E-state index contributed by atoms with van der Waals surface area (Å²) in [7, 11) is 0. The molecule has 3 fully saturated rings. The molecule has 1 nitrogen and oxygen atoms in total. The van der Waals surface area contributed by atoms with Crippen LogP contribution in [0.3, 0.4) is 0 Å². The Morgan fingerprint density at radius 3 is 2.56 bits per heavy atom. The minimum Gasteiger partial charge on any atom is -0.286 e. The Hall–Kier alpha value is 0.240. The van der Waals surface area contributed by atoms with Gasteiger partial charge in [0.2, 0.25) is 5.12 Å². The average molecular weight is 552 g/mol. The zero-order valence-corrected chi connectivity index (χ0v) is 25.0. The van der Waals surface area contributed by atoms with Gasteiger partial charge >= 0.3 is 0 Å². The van der Waals surface area contributed by atoms with Crippen molar-refractivity contribution in [3.8, 4) is 0 Å². The van der Waals surface area contributed by atoms with Gasteiger partial charge in [-0.3, -0.25) is 4.79 Å². The maximum Gasteiger partial charge on any atom is 0.202 e. The van der Waals surface area contributed by atoms with Crippen molar-refractivity contribution < 1.29 is 4.79 Å². The number of unbranched alkanes of at least 4 members (excludes halogenated alkanes) is 5. The van der Waals surface area contributed by atoms with Gasteiger partial charge in [-0.15, -0.1) is 0 Å². The summed E-state index contributed by atoms with van der Waals surface area (Å²) in [4.78, 5) is 12.6. The smallest absolute Gasteiger partial charge is 0.202 e. The van der Waals surface area contributed by atoms with Crippen molar-refractivity contribution in [3.05, 3.63) is 11.6 Å². The molecule has 3 saturated carbocycles. The van der Waals surface area contributed by atoms with E-state index in [0.717, 1.165) is 36.5 Å². The van der Waals surface area contributed by atoms with Gasteiger partial charge in [0.1, 0.15) is 0 Å². The van der Waals surface area contributed by atoms with Gasteiger partial charge in [-0.2, -0.15) is 0 Å². The largest absolute Gasteiger partial charge is 0.286 e. The van der Waals surface area contributed by atoms with Gasteiger partial charge in [-0.1, -0.05) is 106 Å². The van der Waals surface area contributed by atoms with Crippen LogP contribution in [-0.4, -0.2) is 15.2 Å². The van der Waals surface area contributed by atoms with Crippen molar-refractivity contribution in [1.82, 2.24) is 0 Å². The molecule has 0 aromatic carbocycles. The summed E-state index contributed by atoms with van der Waals surface area (Å²) in [5.74, 6) is 3.74. The van der Waals surface area contributed by atoms with E-state index in [2.05, 4.69) is 49.7 Å². The fourth-order valence-corrected chi connectivity index (χ4v) is 10.4. The van der Waals surface area contributed by atoms with Gasteiger partial charge in [0.25, 0.3) is 0 Å². The predicted molar refractivity (Wildman–Crippen MR) is 153 cm³/mol. The van der Waals surface area contributed by atoms with Crippen LogP contribution in [0.2, 0.25) is 0 Å². The number of allylic oxidation sites excluding steroid dienone is 2. The number of hydrogen-bond acceptors (Lipinski definition) is 2. The van der Waals surface area contributed by atoms with Crippen LogP contribution < -0.4 is 0 Å². The molecule has 4 aliphatic rings. The van der Waals surface area contributed by atoms with Crippen molar-refractivity contribution in [2.75, 3.05) is 0 Å². The van der Waals surface area contributed by atoms with Crippen LogP contribution in [-0.2, 0) is 4.79 Å². The lowest BCUT2D eigenvalue weighted by atomic mass is 9.47. The van der Waals surface area contributed by atoms with Crippen molar-refractivity contribution in [2.45, 2.75) is 141 Å². The molecule has 34 heavy (non-hydrogen) atoms. The van der Waals surface area contributed by atoms with E-state index < -0.39 is 0 Å². The maximum atomic E-state index is 12.5. The lowest BCUT2D eigenvalue weighted by Crippen LogP contribution is -2.50. The predicted octanol–water partition coefficient (Wildman–Crippen LogP) is 10.1. The first-order valence-electron chi connectivity index (χ1n) is 14.9. The van der Waals surface area contributed by atoms with Crippen LogP contribution in [0, 0.1) is 34.5 Å². The van der Waals surface area contributed by atoms with Crippen molar-refractivity contribution in [2.24, 2.45) is 34.5 Å². The lowest BCUT2D eigenvalue weighted by Gasteiger charge is -2.58. The summed E-state index contributed by atoms with van der Waals surface area (Å²) in [6.45, 7) is 9.73. The molecular weight excluding hydrogens is 500 g/mol. The summed E-state index contributed by atoms with van der Waals surface area (Å²) >= 11 is 5.21. The molecule has 0 saturated heterocycles. The molecule has 4 aliphatic carbocycles. The first-order valence-corrected chi connectivity index (χ1v) is 16.7. The second kappa shape index (κ2) is 11.7. The molecule has 0 aliphatic heterocycles. The highest BCUT2D eigenvalue weighted by Gasteiger charge is 2.58. The number of alkyl halides is 1. The molecule has 0 N–H and O–H groups in total. The summed E-state index contributed by atoms with van der Waals surface area (Å²) in [5.41, 5.74) is 2.73. The molecule has 0 aromatic rings. The molecule has 3 heteroatoms. The van der Waals surface area contributed by atoms with Crippen LogP contribution >= 0.6 is 27.7 Å². The average Bonchev–Trinajstić information content (AvgIpc) is 3.17. The van der Waals surface area contributed by atoms with E-state index >= 15 is 0 Å². The van der Waals surface area contributed by atoms with Gasteiger partial charge < -0.3 is 0 Å². The molecule has 0 bridgehead atoms. The Bertz CT molecular complexity index is 733. The fraction of sp³-hybridized carbons (Fsp3) is 0.903. The molecule has 4 rings (SSSR count). The van der Waals surface area contributed by atoms with Gasteiger partial charge in [-0.05, 0) is 98.7 Å². The molecule has 0 unspecified atom stereocenters. The highest BCUT2D eigenvalue weighted by Crippen LogP contribution is 2.67. The zero-order chi connectivity index (χ0) is 24.3. The molecule has 0 spiro atoms. The Kier molecular flexibility index (Phi) is 9.42. The van der Waals surface area contributed by atoms with Crippen molar-refractivity contribution in [3.63, 3.8) is 0 Å². The van der Waals surface area contributed by atoms with E-state index in [9.17, 15) is 4.79 Å². The fourth-order valence-electron chi connectivity index (χ4n) is 8.89.